The lowest BCUT2D eigenvalue weighted by atomic mass is 10.1. The molecule has 110 valence electrons. The van der Waals surface area contributed by atoms with Crippen molar-refractivity contribution in [3.05, 3.63) is 29.8 Å². The number of benzene rings is 1. The van der Waals surface area contributed by atoms with Crippen LogP contribution in [0.1, 0.15) is 32.8 Å². The molecule has 20 heavy (non-hydrogen) atoms. The van der Waals surface area contributed by atoms with Crippen LogP contribution in [0.4, 0.5) is 0 Å². The molecule has 1 rings (SSSR count). The second kappa shape index (κ2) is 6.93. The first-order valence-electron chi connectivity index (χ1n) is 6.53. The zero-order valence-corrected chi connectivity index (χ0v) is 12.1. The number of para-hydroxylation sites is 1. The van der Waals surface area contributed by atoms with E-state index in [1.165, 1.54) is 0 Å². The summed E-state index contributed by atoms with van der Waals surface area (Å²) in [6, 6.07) is 7.63. The van der Waals surface area contributed by atoms with Crippen LogP contribution in [0.3, 0.4) is 0 Å². The van der Waals surface area contributed by atoms with E-state index in [-0.39, 0.29) is 5.60 Å². The number of ether oxygens (including phenoxy) is 1. The van der Waals surface area contributed by atoms with Gasteiger partial charge in [0, 0.05) is 6.54 Å². The van der Waals surface area contributed by atoms with Gasteiger partial charge in [-0.2, -0.15) is 0 Å². The number of carbonyl (C=O) groups excluding carboxylic acids is 1. The van der Waals surface area contributed by atoms with Crippen LogP contribution in [0.5, 0.6) is 5.75 Å². The predicted molar refractivity (Wildman–Crippen MR) is 75.8 cm³/mol. The number of rotatable bonds is 6. The summed E-state index contributed by atoms with van der Waals surface area (Å²) in [5.74, 6) is -0.821. The van der Waals surface area contributed by atoms with E-state index in [0.717, 1.165) is 11.3 Å². The van der Waals surface area contributed by atoms with Gasteiger partial charge in [-0.1, -0.05) is 18.2 Å². The standard InChI is InChI=1S/C15H21NO4/c1-15(2,3)20-12-7-5-4-6-11(12)8-9-16-13(17)10-14(18)19/h4-7H,8-10H2,1-3H3,(H,16,17)(H,18,19). The molecule has 5 nitrogen and oxygen atoms in total. The second-order valence-corrected chi connectivity index (χ2v) is 5.49. The third-order valence-electron chi connectivity index (χ3n) is 2.42. The minimum absolute atomic E-state index is 0.289. The molecular weight excluding hydrogens is 258 g/mol. The lowest BCUT2D eigenvalue weighted by Gasteiger charge is -2.23. The predicted octanol–water partition coefficient (Wildman–Crippen LogP) is 2.00. The van der Waals surface area contributed by atoms with E-state index in [0.29, 0.717) is 13.0 Å². The number of hydrogen-bond donors (Lipinski definition) is 2. The number of carboxylic acid groups (broad SMARTS) is 1. The molecule has 2 N–H and O–H groups in total. The SMILES string of the molecule is CC(C)(C)Oc1ccccc1CCNC(=O)CC(=O)O. The number of aliphatic carboxylic acids is 1. The first-order chi connectivity index (χ1) is 9.28. The van der Waals surface area contributed by atoms with Crippen molar-refractivity contribution in [2.75, 3.05) is 6.54 Å². The van der Waals surface area contributed by atoms with Crippen molar-refractivity contribution in [2.45, 2.75) is 39.2 Å². The number of nitrogens with one attached hydrogen (secondary N) is 1. The highest BCUT2D eigenvalue weighted by molar-refractivity contribution is 5.93. The first-order valence-corrected chi connectivity index (χ1v) is 6.53. The van der Waals surface area contributed by atoms with Gasteiger partial charge in [0.1, 0.15) is 17.8 Å². The van der Waals surface area contributed by atoms with Gasteiger partial charge >= 0.3 is 5.97 Å². The van der Waals surface area contributed by atoms with Crippen molar-refractivity contribution in [1.82, 2.24) is 5.32 Å². The maximum Gasteiger partial charge on any atom is 0.312 e. The normalized spacial score (nSPS) is 10.9. The van der Waals surface area contributed by atoms with Gasteiger partial charge in [0.2, 0.25) is 5.91 Å². The molecule has 0 atom stereocenters. The van der Waals surface area contributed by atoms with E-state index in [1.54, 1.807) is 0 Å². The van der Waals surface area contributed by atoms with Crippen molar-refractivity contribution in [3.63, 3.8) is 0 Å². The van der Waals surface area contributed by atoms with Crippen LogP contribution >= 0.6 is 0 Å². The molecule has 1 aromatic carbocycles. The fraction of sp³-hybridized carbons (Fsp3) is 0.467. The fourth-order valence-corrected chi connectivity index (χ4v) is 1.68. The van der Waals surface area contributed by atoms with Crippen molar-refractivity contribution >= 4 is 11.9 Å². The zero-order valence-electron chi connectivity index (χ0n) is 12.1. The van der Waals surface area contributed by atoms with E-state index >= 15 is 0 Å². The molecule has 1 amide bonds. The summed E-state index contributed by atoms with van der Waals surface area (Å²) in [4.78, 5) is 21.6. The van der Waals surface area contributed by atoms with Gasteiger partial charge in [-0.3, -0.25) is 9.59 Å². The maximum absolute atomic E-state index is 11.2. The summed E-state index contributed by atoms with van der Waals surface area (Å²) in [7, 11) is 0. The van der Waals surface area contributed by atoms with Crippen LogP contribution in [0.25, 0.3) is 0 Å². The fourth-order valence-electron chi connectivity index (χ4n) is 1.68. The molecule has 1 aromatic rings. The largest absolute Gasteiger partial charge is 0.488 e. The molecule has 0 saturated carbocycles. The molecule has 0 heterocycles. The summed E-state index contributed by atoms with van der Waals surface area (Å²) < 4.78 is 5.85. The van der Waals surface area contributed by atoms with E-state index in [1.807, 2.05) is 45.0 Å². The van der Waals surface area contributed by atoms with Gasteiger partial charge in [0.15, 0.2) is 0 Å². The Morgan fingerprint density at radius 2 is 1.90 bits per heavy atom. The van der Waals surface area contributed by atoms with Crippen LogP contribution in [0, 0.1) is 0 Å². The molecule has 0 aliphatic rings. The van der Waals surface area contributed by atoms with Gasteiger partial charge < -0.3 is 15.2 Å². The van der Waals surface area contributed by atoms with E-state index < -0.39 is 18.3 Å². The molecule has 0 saturated heterocycles. The number of amides is 1. The quantitative estimate of drug-likeness (QED) is 0.781. The van der Waals surface area contributed by atoms with Gasteiger partial charge in [0.25, 0.3) is 0 Å². The second-order valence-electron chi connectivity index (χ2n) is 5.49. The van der Waals surface area contributed by atoms with Gasteiger partial charge in [-0.25, -0.2) is 0 Å². The first kappa shape index (κ1) is 16.0. The Balaban J connectivity index is 2.56. The summed E-state index contributed by atoms with van der Waals surface area (Å²) in [6.07, 6.45) is 0.0950. The Kier molecular flexibility index (Phi) is 5.55. The molecule has 0 spiro atoms. The Labute approximate surface area is 118 Å². The topological polar surface area (TPSA) is 75.6 Å². The van der Waals surface area contributed by atoms with Crippen LogP contribution in [-0.2, 0) is 16.0 Å². The lowest BCUT2D eigenvalue weighted by Crippen LogP contribution is -2.28. The van der Waals surface area contributed by atoms with Gasteiger partial charge in [-0.05, 0) is 38.8 Å². The van der Waals surface area contributed by atoms with E-state index in [4.69, 9.17) is 9.84 Å². The third kappa shape index (κ3) is 6.22. The average molecular weight is 279 g/mol. The third-order valence-corrected chi connectivity index (χ3v) is 2.42. The highest BCUT2D eigenvalue weighted by Gasteiger charge is 2.14. The Hall–Kier alpha value is -2.04. The lowest BCUT2D eigenvalue weighted by molar-refractivity contribution is -0.140. The van der Waals surface area contributed by atoms with Crippen LogP contribution in [-0.4, -0.2) is 29.1 Å². The van der Waals surface area contributed by atoms with Crippen LogP contribution < -0.4 is 10.1 Å². The summed E-state index contributed by atoms with van der Waals surface area (Å²) in [6.45, 7) is 6.30. The summed E-state index contributed by atoms with van der Waals surface area (Å²) >= 11 is 0. The average Bonchev–Trinajstić information content (AvgIpc) is 2.28. The zero-order chi connectivity index (χ0) is 15.2. The Morgan fingerprint density at radius 3 is 2.50 bits per heavy atom. The molecule has 0 fully saturated rings. The molecule has 0 radical (unpaired) electrons. The van der Waals surface area contributed by atoms with Crippen molar-refractivity contribution in [2.24, 2.45) is 0 Å². The van der Waals surface area contributed by atoms with E-state index in [9.17, 15) is 9.59 Å². The molecule has 0 aromatic heterocycles. The molecule has 5 heteroatoms. The van der Waals surface area contributed by atoms with E-state index in [2.05, 4.69) is 5.32 Å². The molecule has 0 bridgehead atoms. The molecule has 0 aliphatic heterocycles. The molecular formula is C15H21NO4. The minimum atomic E-state index is -1.13. The smallest absolute Gasteiger partial charge is 0.312 e. The molecule has 0 aliphatic carbocycles. The van der Waals surface area contributed by atoms with Gasteiger partial charge in [0.05, 0.1) is 0 Å². The summed E-state index contributed by atoms with van der Waals surface area (Å²) in [5, 5.41) is 11.1. The highest BCUT2D eigenvalue weighted by Crippen LogP contribution is 2.23. The van der Waals surface area contributed by atoms with Crippen molar-refractivity contribution < 1.29 is 19.4 Å². The number of hydrogen-bond acceptors (Lipinski definition) is 3. The Bertz CT molecular complexity index is 477. The van der Waals surface area contributed by atoms with Crippen molar-refractivity contribution in [1.29, 1.82) is 0 Å². The van der Waals surface area contributed by atoms with Crippen LogP contribution in [0.15, 0.2) is 24.3 Å². The van der Waals surface area contributed by atoms with Gasteiger partial charge in [-0.15, -0.1) is 0 Å². The Morgan fingerprint density at radius 1 is 1.25 bits per heavy atom. The monoisotopic (exact) mass is 279 g/mol. The minimum Gasteiger partial charge on any atom is -0.488 e. The van der Waals surface area contributed by atoms with Crippen LogP contribution in [0.2, 0.25) is 0 Å². The van der Waals surface area contributed by atoms with Crippen molar-refractivity contribution in [3.8, 4) is 5.75 Å². The highest BCUT2D eigenvalue weighted by atomic mass is 16.5. The maximum atomic E-state index is 11.2. The number of carboxylic acids is 1. The molecule has 0 unspecified atom stereocenters. The summed E-state index contributed by atoms with van der Waals surface area (Å²) in [5.41, 5.74) is 0.695. The number of carbonyl (C=O) groups is 2.